The second-order valence-electron chi connectivity index (χ2n) is 8.51. The van der Waals surface area contributed by atoms with Gasteiger partial charge >= 0.3 is 0 Å². The molecule has 0 saturated heterocycles. The molecule has 0 bridgehead atoms. The van der Waals surface area contributed by atoms with E-state index in [-0.39, 0.29) is 0 Å². The zero-order valence-electron chi connectivity index (χ0n) is 18.0. The van der Waals surface area contributed by atoms with Crippen LogP contribution in [-0.2, 0) is 0 Å². The van der Waals surface area contributed by atoms with Crippen molar-refractivity contribution < 1.29 is 0 Å². The van der Waals surface area contributed by atoms with E-state index in [1.807, 2.05) is 18.3 Å². The molecule has 154 valence electrons. The van der Waals surface area contributed by atoms with Crippen molar-refractivity contribution in [1.82, 2.24) is 9.55 Å². The summed E-state index contributed by atoms with van der Waals surface area (Å²) in [5.41, 5.74) is 5.52. The average molecular weight is 421 g/mol. The minimum absolute atomic E-state index is 1.01. The Morgan fingerprint density at radius 1 is 0.576 bits per heavy atom. The number of benzene rings is 5. The van der Waals surface area contributed by atoms with Crippen LogP contribution in [0.1, 0.15) is 5.56 Å². The zero-order valence-corrected chi connectivity index (χ0v) is 18.0. The van der Waals surface area contributed by atoms with E-state index < -0.39 is 0 Å². The van der Waals surface area contributed by atoms with Crippen molar-refractivity contribution in [3.05, 3.63) is 115 Å². The maximum atomic E-state index is 4.73. The fourth-order valence-electron chi connectivity index (χ4n) is 5.29. The molecule has 7 aromatic rings. The first-order valence-corrected chi connectivity index (χ1v) is 11.2. The summed E-state index contributed by atoms with van der Waals surface area (Å²) < 4.78 is 2.33. The Balaban J connectivity index is 1.63. The van der Waals surface area contributed by atoms with Gasteiger partial charge in [-0.1, -0.05) is 73.3 Å². The molecule has 0 unspecified atom stereocenters. The molecule has 0 aliphatic rings. The first-order valence-electron chi connectivity index (χ1n) is 11.2. The molecule has 0 radical (unpaired) electrons. The molecule has 5 aromatic carbocycles. The third-order valence-electron chi connectivity index (χ3n) is 6.77. The molecule has 33 heavy (non-hydrogen) atoms. The van der Waals surface area contributed by atoms with E-state index in [9.17, 15) is 0 Å². The molecular formula is C31H20N2. The largest absolute Gasteiger partial charge is 0.308 e. The average Bonchev–Trinajstić information content (AvgIpc) is 3.22. The minimum atomic E-state index is 1.01. The summed E-state index contributed by atoms with van der Waals surface area (Å²) in [6, 6.07) is 34.9. The van der Waals surface area contributed by atoms with E-state index in [0.717, 1.165) is 33.2 Å². The fraction of sp³-hybridized carbons (Fsp3) is 0. The van der Waals surface area contributed by atoms with Gasteiger partial charge in [0.1, 0.15) is 0 Å². The van der Waals surface area contributed by atoms with Gasteiger partial charge in [0.2, 0.25) is 0 Å². The number of rotatable bonds is 2. The van der Waals surface area contributed by atoms with Crippen LogP contribution in [0.3, 0.4) is 0 Å². The van der Waals surface area contributed by atoms with Crippen molar-refractivity contribution in [2.75, 3.05) is 0 Å². The standard InChI is InChI=1S/C31H20N2/c1-2-20-13-16-29-28(18-20)31-30(12-7-17-32-31)33(29)21-14-15-26-24-10-4-3-8-22(24)23-9-5-6-11-25(23)27(26)19-21/h2-19H,1H2. The van der Waals surface area contributed by atoms with E-state index >= 15 is 0 Å². The number of aromatic nitrogens is 2. The summed E-state index contributed by atoms with van der Waals surface area (Å²) in [7, 11) is 0. The molecule has 2 heteroatoms. The molecule has 7 rings (SSSR count). The number of pyridine rings is 1. The van der Waals surface area contributed by atoms with Gasteiger partial charge in [-0.3, -0.25) is 4.98 Å². The molecule has 2 aromatic heterocycles. The van der Waals surface area contributed by atoms with E-state index in [1.165, 1.54) is 32.3 Å². The van der Waals surface area contributed by atoms with Gasteiger partial charge < -0.3 is 4.57 Å². The predicted molar refractivity (Wildman–Crippen MR) is 141 cm³/mol. The number of fused-ring (bicyclic) bond motifs is 9. The van der Waals surface area contributed by atoms with Gasteiger partial charge in [0.15, 0.2) is 0 Å². The van der Waals surface area contributed by atoms with Crippen molar-refractivity contribution in [2.24, 2.45) is 0 Å². The highest BCUT2D eigenvalue weighted by Gasteiger charge is 2.15. The highest BCUT2D eigenvalue weighted by Crippen LogP contribution is 2.38. The second-order valence-corrected chi connectivity index (χ2v) is 8.51. The second kappa shape index (κ2) is 6.78. The Morgan fingerprint density at radius 3 is 1.94 bits per heavy atom. The van der Waals surface area contributed by atoms with E-state index in [2.05, 4.69) is 102 Å². The van der Waals surface area contributed by atoms with Crippen molar-refractivity contribution in [3.63, 3.8) is 0 Å². The zero-order chi connectivity index (χ0) is 21.9. The fourth-order valence-corrected chi connectivity index (χ4v) is 5.29. The molecular weight excluding hydrogens is 400 g/mol. The van der Waals surface area contributed by atoms with Crippen LogP contribution in [0.5, 0.6) is 0 Å². The van der Waals surface area contributed by atoms with Gasteiger partial charge in [0, 0.05) is 17.3 Å². The predicted octanol–water partition coefficient (Wildman–Crippen LogP) is 8.28. The van der Waals surface area contributed by atoms with Gasteiger partial charge in [-0.05, 0) is 74.3 Å². The van der Waals surface area contributed by atoms with E-state index in [4.69, 9.17) is 4.98 Å². The highest BCUT2D eigenvalue weighted by atomic mass is 15.0. The number of hydrogen-bond acceptors (Lipinski definition) is 1. The lowest BCUT2D eigenvalue weighted by atomic mass is 9.94. The normalized spacial score (nSPS) is 11.8. The first kappa shape index (κ1) is 18.2. The van der Waals surface area contributed by atoms with Crippen LogP contribution in [-0.4, -0.2) is 9.55 Å². The topological polar surface area (TPSA) is 17.8 Å². The van der Waals surface area contributed by atoms with Crippen LogP contribution in [0.4, 0.5) is 0 Å². The molecule has 0 N–H and O–H groups in total. The summed E-state index contributed by atoms with van der Waals surface area (Å²) in [5, 5.41) is 8.84. The van der Waals surface area contributed by atoms with Crippen LogP contribution in [0, 0.1) is 0 Å². The quantitative estimate of drug-likeness (QED) is 0.257. The smallest absolute Gasteiger partial charge is 0.0963 e. The SMILES string of the molecule is C=Cc1ccc2c(c1)c1ncccc1n2-c1ccc2c3ccccc3c3ccccc3c2c1. The van der Waals surface area contributed by atoms with Gasteiger partial charge in [0.25, 0.3) is 0 Å². The summed E-state index contributed by atoms with van der Waals surface area (Å²) in [5.74, 6) is 0. The number of nitrogens with zero attached hydrogens (tertiary/aromatic N) is 2. The molecule has 0 fully saturated rings. The van der Waals surface area contributed by atoms with Crippen molar-refractivity contribution in [1.29, 1.82) is 0 Å². The molecule has 2 nitrogen and oxygen atoms in total. The van der Waals surface area contributed by atoms with Crippen LogP contribution >= 0.6 is 0 Å². The molecule has 0 aliphatic heterocycles. The lowest BCUT2D eigenvalue weighted by Crippen LogP contribution is -1.94. The summed E-state index contributed by atoms with van der Waals surface area (Å²) >= 11 is 0. The molecule has 0 atom stereocenters. The van der Waals surface area contributed by atoms with Crippen LogP contribution < -0.4 is 0 Å². The van der Waals surface area contributed by atoms with Crippen molar-refractivity contribution >= 4 is 60.3 Å². The third-order valence-corrected chi connectivity index (χ3v) is 6.77. The Morgan fingerprint density at radius 2 is 1.24 bits per heavy atom. The summed E-state index contributed by atoms with van der Waals surface area (Å²) in [4.78, 5) is 4.73. The summed E-state index contributed by atoms with van der Waals surface area (Å²) in [6.45, 7) is 3.94. The molecule has 2 heterocycles. The Labute approximate surface area is 191 Å². The van der Waals surface area contributed by atoms with Crippen molar-refractivity contribution in [3.8, 4) is 5.69 Å². The van der Waals surface area contributed by atoms with Crippen molar-refractivity contribution in [2.45, 2.75) is 0 Å². The highest BCUT2D eigenvalue weighted by molar-refractivity contribution is 6.25. The van der Waals surface area contributed by atoms with E-state index in [0.29, 0.717) is 0 Å². The van der Waals surface area contributed by atoms with E-state index in [1.54, 1.807) is 0 Å². The van der Waals surface area contributed by atoms with Gasteiger partial charge in [-0.15, -0.1) is 0 Å². The van der Waals surface area contributed by atoms with Gasteiger partial charge in [0.05, 0.1) is 16.6 Å². The van der Waals surface area contributed by atoms with Crippen LogP contribution in [0.2, 0.25) is 0 Å². The minimum Gasteiger partial charge on any atom is -0.308 e. The molecule has 0 spiro atoms. The lowest BCUT2D eigenvalue weighted by molar-refractivity contribution is 1.18. The number of hydrogen-bond donors (Lipinski definition) is 0. The molecule has 0 saturated carbocycles. The maximum Gasteiger partial charge on any atom is 0.0963 e. The monoisotopic (exact) mass is 420 g/mol. The first-order chi connectivity index (χ1) is 16.3. The van der Waals surface area contributed by atoms with Crippen LogP contribution in [0.15, 0.2) is 110 Å². The lowest BCUT2D eigenvalue weighted by Gasteiger charge is -2.13. The third kappa shape index (κ3) is 2.52. The van der Waals surface area contributed by atoms with Gasteiger partial charge in [-0.2, -0.15) is 0 Å². The Kier molecular flexibility index (Phi) is 3.73. The Bertz CT molecular complexity index is 1850. The Hall–Kier alpha value is -4.43. The molecule has 0 amide bonds. The van der Waals surface area contributed by atoms with Gasteiger partial charge in [-0.25, -0.2) is 0 Å². The molecule has 0 aliphatic carbocycles. The maximum absolute atomic E-state index is 4.73. The van der Waals surface area contributed by atoms with Crippen LogP contribution in [0.25, 0.3) is 66.0 Å². The summed E-state index contributed by atoms with van der Waals surface area (Å²) in [6.07, 6.45) is 3.76.